The lowest BCUT2D eigenvalue weighted by atomic mass is 9.87. The summed E-state index contributed by atoms with van der Waals surface area (Å²) in [6.07, 6.45) is 4.30. The van der Waals surface area contributed by atoms with Gasteiger partial charge in [0.1, 0.15) is 0 Å². The Kier molecular flexibility index (Phi) is 5.84. The fraction of sp³-hybridized carbons (Fsp3) is 0.375. The van der Waals surface area contributed by atoms with Gasteiger partial charge >= 0.3 is 5.97 Å². The van der Waals surface area contributed by atoms with E-state index in [0.717, 1.165) is 25.7 Å². The molecule has 1 aliphatic heterocycles. The number of anilines is 1. The first-order valence-electron chi connectivity index (χ1n) is 10.5. The van der Waals surface area contributed by atoms with Crippen molar-refractivity contribution in [2.24, 2.45) is 0 Å². The standard InChI is InChI=1S/C24H26N2O4/c1-25(21-12-5-8-17-7-2-3-11-20(17)21)23(28)16-30-24(29)18-9-4-10-19(15-18)26-14-6-13-22(26)27/h2-4,7,9-11,15,21H,5-6,8,12-14,16H2,1H3/t21-/m1/s1. The molecule has 1 heterocycles. The van der Waals surface area contributed by atoms with Gasteiger partial charge in [-0.1, -0.05) is 30.3 Å². The van der Waals surface area contributed by atoms with Gasteiger partial charge in [-0.25, -0.2) is 4.79 Å². The Labute approximate surface area is 176 Å². The van der Waals surface area contributed by atoms with Gasteiger partial charge < -0.3 is 14.5 Å². The second kappa shape index (κ2) is 8.69. The lowest BCUT2D eigenvalue weighted by Gasteiger charge is -2.33. The Morgan fingerprint density at radius 1 is 1.10 bits per heavy atom. The fourth-order valence-electron chi connectivity index (χ4n) is 4.34. The van der Waals surface area contributed by atoms with Crippen molar-refractivity contribution in [3.63, 3.8) is 0 Å². The normalized spacial score (nSPS) is 18.1. The first kappa shape index (κ1) is 20.1. The van der Waals surface area contributed by atoms with Crippen molar-refractivity contribution in [1.82, 2.24) is 4.90 Å². The number of carbonyl (C=O) groups excluding carboxylic acids is 3. The molecule has 30 heavy (non-hydrogen) atoms. The van der Waals surface area contributed by atoms with E-state index >= 15 is 0 Å². The molecule has 0 N–H and O–H groups in total. The highest BCUT2D eigenvalue weighted by molar-refractivity contribution is 5.97. The number of hydrogen-bond donors (Lipinski definition) is 0. The number of ether oxygens (including phenoxy) is 1. The number of likely N-dealkylation sites (N-methyl/N-ethyl adjacent to an activating group) is 1. The molecule has 4 rings (SSSR count). The third kappa shape index (κ3) is 4.08. The van der Waals surface area contributed by atoms with E-state index in [4.69, 9.17) is 4.74 Å². The van der Waals surface area contributed by atoms with Gasteiger partial charge in [-0.05, 0) is 55.0 Å². The molecular weight excluding hydrogens is 380 g/mol. The topological polar surface area (TPSA) is 66.9 Å². The monoisotopic (exact) mass is 406 g/mol. The molecule has 0 bridgehead atoms. The number of nitrogens with zero attached hydrogens (tertiary/aromatic N) is 2. The Morgan fingerprint density at radius 2 is 1.93 bits per heavy atom. The van der Waals surface area contributed by atoms with Crippen LogP contribution >= 0.6 is 0 Å². The number of aryl methyl sites for hydroxylation is 1. The van der Waals surface area contributed by atoms with Gasteiger partial charge in [-0.15, -0.1) is 0 Å². The average Bonchev–Trinajstić information content (AvgIpc) is 3.22. The predicted octanol–water partition coefficient (Wildman–Crippen LogP) is 3.51. The highest BCUT2D eigenvalue weighted by Gasteiger charge is 2.27. The van der Waals surface area contributed by atoms with E-state index in [1.807, 2.05) is 12.1 Å². The van der Waals surface area contributed by atoms with E-state index in [9.17, 15) is 14.4 Å². The van der Waals surface area contributed by atoms with Gasteiger partial charge in [0.05, 0.1) is 11.6 Å². The van der Waals surface area contributed by atoms with Gasteiger partial charge in [0.2, 0.25) is 5.91 Å². The minimum atomic E-state index is -0.561. The zero-order chi connectivity index (χ0) is 21.1. The van der Waals surface area contributed by atoms with Crippen LogP contribution in [-0.2, 0) is 20.7 Å². The summed E-state index contributed by atoms with van der Waals surface area (Å²) in [6, 6.07) is 15.0. The average molecular weight is 406 g/mol. The number of benzene rings is 2. The molecule has 2 aliphatic rings. The summed E-state index contributed by atoms with van der Waals surface area (Å²) in [7, 11) is 1.77. The molecule has 156 valence electrons. The molecule has 0 spiro atoms. The van der Waals surface area contributed by atoms with Gasteiger partial charge in [0.15, 0.2) is 6.61 Å². The van der Waals surface area contributed by atoms with E-state index in [-0.39, 0.29) is 24.5 Å². The van der Waals surface area contributed by atoms with Gasteiger partial charge in [-0.2, -0.15) is 0 Å². The molecule has 6 heteroatoms. The lowest BCUT2D eigenvalue weighted by Crippen LogP contribution is -2.36. The number of amides is 2. The molecule has 0 unspecified atom stereocenters. The van der Waals surface area contributed by atoms with Crippen LogP contribution in [0.2, 0.25) is 0 Å². The minimum Gasteiger partial charge on any atom is -0.452 e. The molecule has 1 saturated heterocycles. The van der Waals surface area contributed by atoms with Crippen molar-refractivity contribution in [3.05, 3.63) is 65.2 Å². The fourth-order valence-corrected chi connectivity index (χ4v) is 4.34. The number of carbonyl (C=O) groups is 3. The molecule has 6 nitrogen and oxygen atoms in total. The van der Waals surface area contributed by atoms with Crippen LogP contribution in [-0.4, -0.2) is 42.9 Å². The molecular formula is C24H26N2O4. The van der Waals surface area contributed by atoms with Crippen LogP contribution in [0.25, 0.3) is 0 Å². The molecule has 1 atom stereocenters. The molecule has 1 fully saturated rings. The third-order valence-electron chi connectivity index (χ3n) is 5.99. The maximum atomic E-state index is 12.7. The number of hydrogen-bond acceptors (Lipinski definition) is 4. The zero-order valence-electron chi connectivity index (χ0n) is 17.2. The summed E-state index contributed by atoms with van der Waals surface area (Å²) in [4.78, 5) is 40.5. The van der Waals surface area contributed by atoms with Crippen LogP contribution < -0.4 is 4.90 Å². The number of fused-ring (bicyclic) bond motifs is 1. The van der Waals surface area contributed by atoms with Crippen molar-refractivity contribution in [1.29, 1.82) is 0 Å². The highest BCUT2D eigenvalue weighted by Crippen LogP contribution is 2.33. The SMILES string of the molecule is CN(C(=O)COC(=O)c1cccc(N2CCCC2=O)c1)[C@@H]1CCCc2ccccc21. The summed E-state index contributed by atoms with van der Waals surface area (Å²) in [5.74, 6) is -0.727. The summed E-state index contributed by atoms with van der Waals surface area (Å²) in [6.45, 7) is 0.352. The molecule has 2 amide bonds. The molecule has 0 saturated carbocycles. The first-order valence-corrected chi connectivity index (χ1v) is 10.5. The predicted molar refractivity (Wildman–Crippen MR) is 113 cm³/mol. The molecule has 2 aromatic rings. The van der Waals surface area contributed by atoms with Crippen LogP contribution in [0, 0.1) is 0 Å². The Hall–Kier alpha value is -3.15. The summed E-state index contributed by atoms with van der Waals surface area (Å²) >= 11 is 0. The third-order valence-corrected chi connectivity index (χ3v) is 5.99. The van der Waals surface area contributed by atoms with Crippen molar-refractivity contribution in [2.75, 3.05) is 25.1 Å². The van der Waals surface area contributed by atoms with Gasteiger partial charge in [0, 0.05) is 25.7 Å². The van der Waals surface area contributed by atoms with E-state index in [1.165, 1.54) is 11.1 Å². The van der Waals surface area contributed by atoms with E-state index in [2.05, 4.69) is 12.1 Å². The zero-order valence-corrected chi connectivity index (χ0v) is 17.2. The Balaban J connectivity index is 1.38. The van der Waals surface area contributed by atoms with Crippen LogP contribution in [0.1, 0.15) is 53.2 Å². The molecule has 2 aromatic carbocycles. The first-order chi connectivity index (χ1) is 14.5. The van der Waals surface area contributed by atoms with Gasteiger partial charge in [0.25, 0.3) is 5.91 Å². The maximum Gasteiger partial charge on any atom is 0.338 e. The Morgan fingerprint density at radius 3 is 2.73 bits per heavy atom. The van der Waals surface area contributed by atoms with Crippen LogP contribution in [0.15, 0.2) is 48.5 Å². The number of rotatable bonds is 5. The molecule has 0 radical (unpaired) electrons. The molecule has 1 aliphatic carbocycles. The van der Waals surface area contributed by atoms with Crippen molar-refractivity contribution < 1.29 is 19.1 Å². The summed E-state index contributed by atoms with van der Waals surface area (Å²) in [5, 5.41) is 0. The largest absolute Gasteiger partial charge is 0.452 e. The van der Waals surface area contributed by atoms with Gasteiger partial charge in [-0.3, -0.25) is 9.59 Å². The summed E-state index contributed by atoms with van der Waals surface area (Å²) in [5.41, 5.74) is 3.48. The quantitative estimate of drug-likeness (QED) is 0.713. The lowest BCUT2D eigenvalue weighted by molar-refractivity contribution is -0.135. The smallest absolute Gasteiger partial charge is 0.338 e. The highest BCUT2D eigenvalue weighted by atomic mass is 16.5. The van der Waals surface area contributed by atoms with Crippen molar-refractivity contribution in [2.45, 2.75) is 38.1 Å². The minimum absolute atomic E-state index is 0.00524. The second-order valence-corrected chi connectivity index (χ2v) is 7.89. The van der Waals surface area contributed by atoms with E-state index in [1.54, 1.807) is 41.1 Å². The number of esters is 1. The summed E-state index contributed by atoms with van der Waals surface area (Å²) < 4.78 is 5.30. The maximum absolute atomic E-state index is 12.7. The van der Waals surface area contributed by atoms with Crippen LogP contribution in [0.3, 0.4) is 0 Å². The van der Waals surface area contributed by atoms with Crippen molar-refractivity contribution in [3.8, 4) is 0 Å². The van der Waals surface area contributed by atoms with E-state index in [0.29, 0.717) is 24.2 Å². The Bertz CT molecular complexity index is 971. The second-order valence-electron chi connectivity index (χ2n) is 7.89. The van der Waals surface area contributed by atoms with Crippen LogP contribution in [0.4, 0.5) is 5.69 Å². The van der Waals surface area contributed by atoms with Crippen molar-refractivity contribution >= 4 is 23.5 Å². The van der Waals surface area contributed by atoms with E-state index < -0.39 is 5.97 Å². The van der Waals surface area contributed by atoms with Crippen LogP contribution in [0.5, 0.6) is 0 Å². The molecule has 0 aromatic heterocycles.